The lowest BCUT2D eigenvalue weighted by Gasteiger charge is -2.24. The smallest absolute Gasteiger partial charge is 0.422 e. The van der Waals surface area contributed by atoms with Crippen LogP contribution in [-0.4, -0.2) is 30.5 Å². The summed E-state index contributed by atoms with van der Waals surface area (Å²) in [5, 5.41) is 0. The molecule has 2 bridgehead atoms. The van der Waals surface area contributed by atoms with Crippen LogP contribution in [-0.2, 0) is 14.3 Å². The number of esters is 1. The van der Waals surface area contributed by atoms with E-state index in [1.807, 2.05) is 6.08 Å². The number of hydrogen-bond acceptors (Lipinski definition) is 3. The fourth-order valence-electron chi connectivity index (χ4n) is 2.08. The van der Waals surface area contributed by atoms with Gasteiger partial charge < -0.3 is 9.47 Å². The largest absolute Gasteiger partial charge is 0.456 e. The maximum atomic E-state index is 11.9. The van der Waals surface area contributed by atoms with Crippen molar-refractivity contribution in [3.8, 4) is 0 Å². The van der Waals surface area contributed by atoms with Crippen LogP contribution in [0.1, 0.15) is 13.3 Å². The molecule has 2 aliphatic rings. The Hall–Kier alpha value is -1.04. The third kappa shape index (κ3) is 2.07. The Kier molecular flexibility index (Phi) is 2.49. The van der Waals surface area contributed by atoms with Gasteiger partial charge in [-0.15, -0.1) is 0 Å². The Morgan fingerprint density at radius 3 is 2.75 bits per heavy atom. The van der Waals surface area contributed by atoms with Gasteiger partial charge in [0.05, 0.1) is 17.6 Å². The number of halogens is 3. The minimum Gasteiger partial charge on any atom is -0.456 e. The highest BCUT2D eigenvalue weighted by Crippen LogP contribution is 2.43. The number of carbonyl (C=O) groups is 1. The second-order valence-electron chi connectivity index (χ2n) is 4.21. The molecule has 6 heteroatoms. The van der Waals surface area contributed by atoms with Crippen molar-refractivity contribution in [3.05, 3.63) is 12.2 Å². The summed E-state index contributed by atoms with van der Waals surface area (Å²) in [7, 11) is 0. The Bertz CT molecular complexity index is 337. The van der Waals surface area contributed by atoms with Gasteiger partial charge in [0.15, 0.2) is 6.61 Å². The summed E-state index contributed by atoms with van der Waals surface area (Å²) in [6.45, 7) is 0.142. The molecule has 0 radical (unpaired) electrons. The van der Waals surface area contributed by atoms with Gasteiger partial charge in [0.1, 0.15) is 0 Å². The summed E-state index contributed by atoms with van der Waals surface area (Å²) in [5.74, 6) is -1.48. The fourth-order valence-corrected chi connectivity index (χ4v) is 2.08. The van der Waals surface area contributed by atoms with Crippen LogP contribution in [0.25, 0.3) is 0 Å². The fraction of sp³-hybridized carbons (Fsp3) is 0.700. The van der Waals surface area contributed by atoms with Crippen LogP contribution in [0.3, 0.4) is 0 Å². The molecule has 1 fully saturated rings. The Labute approximate surface area is 90.2 Å². The highest BCUT2D eigenvalue weighted by atomic mass is 19.4. The molecular weight excluding hydrogens is 225 g/mol. The van der Waals surface area contributed by atoms with E-state index in [-0.39, 0.29) is 6.10 Å². The number of hydrogen-bond donors (Lipinski definition) is 0. The number of ether oxygens (including phenoxy) is 2. The predicted octanol–water partition coefficient (Wildman–Crippen LogP) is 1.83. The third-order valence-corrected chi connectivity index (χ3v) is 2.87. The molecule has 1 saturated heterocycles. The van der Waals surface area contributed by atoms with E-state index in [1.54, 1.807) is 13.0 Å². The Morgan fingerprint density at radius 2 is 2.31 bits per heavy atom. The van der Waals surface area contributed by atoms with E-state index in [2.05, 4.69) is 4.74 Å². The van der Waals surface area contributed by atoms with E-state index < -0.39 is 30.3 Å². The van der Waals surface area contributed by atoms with Gasteiger partial charge in [-0.3, -0.25) is 4.79 Å². The summed E-state index contributed by atoms with van der Waals surface area (Å²) in [4.78, 5) is 11.5. The minimum atomic E-state index is -4.48. The topological polar surface area (TPSA) is 35.5 Å². The van der Waals surface area contributed by atoms with Crippen LogP contribution < -0.4 is 0 Å². The van der Waals surface area contributed by atoms with Crippen molar-refractivity contribution in [3.63, 3.8) is 0 Å². The van der Waals surface area contributed by atoms with Crippen LogP contribution in [0.4, 0.5) is 13.2 Å². The van der Waals surface area contributed by atoms with Crippen LogP contribution in [0.5, 0.6) is 0 Å². The van der Waals surface area contributed by atoms with Gasteiger partial charge in [0.25, 0.3) is 0 Å². The van der Waals surface area contributed by atoms with Crippen LogP contribution in [0, 0.1) is 5.92 Å². The van der Waals surface area contributed by atoms with E-state index in [1.165, 1.54) is 0 Å². The van der Waals surface area contributed by atoms with Crippen LogP contribution in [0.2, 0.25) is 0 Å². The monoisotopic (exact) mass is 236 g/mol. The van der Waals surface area contributed by atoms with E-state index >= 15 is 0 Å². The quantitative estimate of drug-likeness (QED) is 0.542. The zero-order chi connectivity index (χ0) is 12.0. The molecule has 2 rings (SSSR count). The summed E-state index contributed by atoms with van der Waals surface area (Å²) in [6.07, 6.45) is -0.739. The van der Waals surface area contributed by atoms with Gasteiger partial charge in [-0.25, -0.2) is 0 Å². The van der Waals surface area contributed by atoms with E-state index in [0.29, 0.717) is 6.42 Å². The molecule has 0 aromatic carbocycles. The lowest BCUT2D eigenvalue weighted by atomic mass is 9.84. The molecular formula is C10H11F3O3. The molecule has 0 aromatic rings. The average molecular weight is 236 g/mol. The van der Waals surface area contributed by atoms with Crippen LogP contribution in [0.15, 0.2) is 12.2 Å². The summed E-state index contributed by atoms with van der Waals surface area (Å²) in [6, 6.07) is 0. The second kappa shape index (κ2) is 3.48. The molecule has 0 aromatic heterocycles. The van der Waals surface area contributed by atoms with Gasteiger partial charge in [-0.2, -0.15) is 13.2 Å². The van der Waals surface area contributed by atoms with Crippen molar-refractivity contribution in [2.45, 2.75) is 31.2 Å². The van der Waals surface area contributed by atoms with Crippen molar-refractivity contribution in [2.75, 3.05) is 6.61 Å². The molecule has 90 valence electrons. The normalized spacial score (nSPS) is 36.8. The first kappa shape index (κ1) is 11.4. The molecule has 3 atom stereocenters. The van der Waals surface area contributed by atoms with Gasteiger partial charge in [0.2, 0.25) is 0 Å². The van der Waals surface area contributed by atoms with Crippen molar-refractivity contribution >= 4 is 5.97 Å². The maximum absolute atomic E-state index is 11.9. The lowest BCUT2D eigenvalue weighted by molar-refractivity contribution is -0.191. The van der Waals surface area contributed by atoms with Gasteiger partial charge in [-0.05, 0) is 13.3 Å². The summed E-state index contributed by atoms with van der Waals surface area (Å²) < 4.78 is 45.3. The van der Waals surface area contributed by atoms with E-state index in [9.17, 15) is 18.0 Å². The number of fused-ring (bicyclic) bond motifs is 2. The third-order valence-electron chi connectivity index (χ3n) is 2.87. The first-order valence-electron chi connectivity index (χ1n) is 4.91. The second-order valence-corrected chi connectivity index (χ2v) is 4.21. The molecule has 0 amide bonds. The minimum absolute atomic E-state index is 0.173. The molecule has 0 spiro atoms. The van der Waals surface area contributed by atoms with Crippen molar-refractivity contribution in [1.29, 1.82) is 0 Å². The molecule has 0 aliphatic carbocycles. The van der Waals surface area contributed by atoms with Crippen molar-refractivity contribution in [1.82, 2.24) is 0 Å². The van der Waals surface area contributed by atoms with E-state index in [4.69, 9.17) is 4.74 Å². The van der Waals surface area contributed by atoms with Gasteiger partial charge >= 0.3 is 12.1 Å². The molecule has 2 aliphatic heterocycles. The van der Waals surface area contributed by atoms with Crippen molar-refractivity contribution < 1.29 is 27.4 Å². The first-order valence-corrected chi connectivity index (χ1v) is 4.91. The highest BCUT2D eigenvalue weighted by Gasteiger charge is 2.51. The molecule has 16 heavy (non-hydrogen) atoms. The zero-order valence-corrected chi connectivity index (χ0v) is 8.58. The summed E-state index contributed by atoms with van der Waals surface area (Å²) >= 11 is 0. The SMILES string of the molecule is C[C@@]12C=C[C@H](C[C@H]1C(=O)OCC(F)(F)F)O2. The lowest BCUT2D eigenvalue weighted by Crippen LogP contribution is -2.36. The molecule has 0 unspecified atom stereocenters. The Morgan fingerprint density at radius 1 is 1.62 bits per heavy atom. The average Bonchev–Trinajstić information content (AvgIpc) is 2.67. The predicted molar refractivity (Wildman–Crippen MR) is 47.5 cm³/mol. The van der Waals surface area contributed by atoms with Gasteiger partial charge in [-0.1, -0.05) is 12.2 Å². The maximum Gasteiger partial charge on any atom is 0.422 e. The van der Waals surface area contributed by atoms with Crippen molar-refractivity contribution in [2.24, 2.45) is 5.92 Å². The van der Waals surface area contributed by atoms with Crippen LogP contribution >= 0.6 is 0 Å². The first-order chi connectivity index (χ1) is 7.30. The summed E-state index contributed by atoms with van der Waals surface area (Å²) in [5.41, 5.74) is -0.798. The standard InChI is InChI=1S/C10H11F3O3/c1-9-3-2-6(16-9)4-7(9)8(14)15-5-10(11,12)13/h2-3,6-7H,4-5H2,1H3/t6-,7+,9-/m1/s1. The molecule has 2 heterocycles. The molecule has 0 saturated carbocycles. The number of alkyl halides is 3. The Balaban J connectivity index is 1.94. The number of rotatable bonds is 2. The number of carbonyl (C=O) groups excluding carboxylic acids is 1. The molecule has 3 nitrogen and oxygen atoms in total. The van der Waals surface area contributed by atoms with Gasteiger partial charge in [0, 0.05) is 0 Å². The molecule has 0 N–H and O–H groups in total. The highest BCUT2D eigenvalue weighted by molar-refractivity contribution is 5.75. The zero-order valence-electron chi connectivity index (χ0n) is 8.58. The van der Waals surface area contributed by atoms with E-state index in [0.717, 1.165) is 0 Å².